The molecule has 0 saturated heterocycles. The average Bonchev–Trinajstić information content (AvgIpc) is 3.45. The third-order valence-corrected chi connectivity index (χ3v) is 7.19. The van der Waals surface area contributed by atoms with Crippen molar-refractivity contribution < 1.29 is 5.11 Å². The lowest BCUT2D eigenvalue weighted by molar-refractivity contribution is 0.217. The van der Waals surface area contributed by atoms with Crippen LogP contribution in [0, 0.1) is 36.5 Å². The number of aromatic nitrogens is 4. The summed E-state index contributed by atoms with van der Waals surface area (Å²) < 4.78 is 1.08. The predicted octanol–water partition coefficient (Wildman–Crippen LogP) is 4.30. The van der Waals surface area contributed by atoms with Crippen molar-refractivity contribution in [1.82, 2.24) is 19.9 Å². The normalized spacial score (nSPS) is 15.3. The smallest absolute Gasteiger partial charge is 0.224 e. The maximum Gasteiger partial charge on any atom is 0.224 e. The van der Waals surface area contributed by atoms with Gasteiger partial charge < -0.3 is 15.7 Å². The largest absolute Gasteiger partial charge is 0.396 e. The van der Waals surface area contributed by atoms with E-state index in [4.69, 9.17) is 9.97 Å². The topological polar surface area (TPSA) is 120 Å². The first-order chi connectivity index (χ1) is 15.5. The fourth-order valence-corrected chi connectivity index (χ4v) is 4.78. The van der Waals surface area contributed by atoms with Crippen LogP contribution in [0.2, 0.25) is 0 Å². The van der Waals surface area contributed by atoms with Crippen molar-refractivity contribution in [2.75, 3.05) is 30.3 Å². The Bertz CT molecular complexity index is 1150. The predicted molar refractivity (Wildman–Crippen MR) is 128 cm³/mol. The Hall–Kier alpha value is -2.83. The molecule has 0 spiro atoms. The zero-order chi connectivity index (χ0) is 22.7. The van der Waals surface area contributed by atoms with E-state index in [2.05, 4.69) is 33.6 Å². The Morgan fingerprint density at radius 3 is 2.69 bits per heavy atom. The summed E-state index contributed by atoms with van der Waals surface area (Å²) in [6.45, 7) is 7.44. The molecule has 3 heterocycles. The van der Waals surface area contributed by atoms with E-state index in [9.17, 15) is 10.4 Å². The highest BCUT2D eigenvalue weighted by atomic mass is 32.1. The number of hydrogen-bond acceptors (Lipinski definition) is 9. The fraction of sp³-hybridized carbons (Fsp3) is 0.522. The summed E-state index contributed by atoms with van der Waals surface area (Å²) in [5.74, 6) is 1.50. The zero-order valence-electron chi connectivity index (χ0n) is 18.8. The van der Waals surface area contributed by atoms with Gasteiger partial charge in [-0.05, 0) is 45.1 Å². The molecule has 1 atom stereocenters. The highest BCUT2D eigenvalue weighted by Gasteiger charge is 2.43. The molecule has 3 aromatic heterocycles. The molecular weight excluding hydrogens is 422 g/mol. The molecule has 168 valence electrons. The van der Waals surface area contributed by atoms with E-state index in [0.29, 0.717) is 19.0 Å². The van der Waals surface area contributed by atoms with Gasteiger partial charge in [0.15, 0.2) is 0 Å². The quantitative estimate of drug-likeness (QED) is 0.417. The van der Waals surface area contributed by atoms with Crippen LogP contribution in [0.1, 0.15) is 44.0 Å². The van der Waals surface area contributed by atoms with Gasteiger partial charge >= 0.3 is 0 Å². The lowest BCUT2D eigenvalue weighted by atomic mass is 10.0. The molecule has 32 heavy (non-hydrogen) atoms. The van der Waals surface area contributed by atoms with Crippen LogP contribution in [0.5, 0.6) is 0 Å². The van der Waals surface area contributed by atoms with E-state index in [1.165, 1.54) is 0 Å². The van der Waals surface area contributed by atoms with Crippen LogP contribution in [-0.2, 0) is 0 Å². The van der Waals surface area contributed by atoms with E-state index in [1.54, 1.807) is 17.5 Å². The third kappa shape index (κ3) is 4.66. The number of hydrogen-bond donors (Lipinski definition) is 3. The van der Waals surface area contributed by atoms with E-state index in [1.807, 2.05) is 19.9 Å². The van der Waals surface area contributed by atoms with Crippen LogP contribution in [0.15, 0.2) is 12.3 Å². The van der Waals surface area contributed by atoms with Gasteiger partial charge in [-0.2, -0.15) is 10.2 Å². The first kappa shape index (κ1) is 22.4. The molecule has 1 unspecified atom stereocenters. The minimum absolute atomic E-state index is 0.182. The number of rotatable bonds is 10. The number of aliphatic hydroxyl groups excluding tert-OH is 1. The molecular formula is C23H29N7OS. The molecule has 3 N–H and O–H groups in total. The molecule has 1 aliphatic carbocycles. The Kier molecular flexibility index (Phi) is 6.53. The van der Waals surface area contributed by atoms with Gasteiger partial charge in [-0.1, -0.05) is 13.3 Å². The number of thiazole rings is 1. The summed E-state index contributed by atoms with van der Waals surface area (Å²) in [5.41, 5.74) is 3.23. The maximum atomic E-state index is 9.52. The van der Waals surface area contributed by atoms with Gasteiger partial charge in [-0.15, -0.1) is 11.3 Å². The number of anilines is 2. The summed E-state index contributed by atoms with van der Waals surface area (Å²) in [6.07, 6.45) is 5.41. The molecule has 4 rings (SSSR count). The highest BCUT2D eigenvalue weighted by Crippen LogP contribution is 2.44. The Morgan fingerprint density at radius 2 is 2.03 bits per heavy atom. The molecule has 0 amide bonds. The van der Waals surface area contributed by atoms with Crippen molar-refractivity contribution >= 4 is 33.3 Å². The standard InChI is InChI=1S/C23H29N7OS/c1-4-16(11-31)5-9-26-20-18(21-29-19-15(3)25-10-6-17(19)32-21)14(2)28-22(30-20)27-13-23(12-24)7-8-23/h6,10,16,31H,4-5,7-9,11,13H2,1-3H3,(H2,26,27,28,30). The molecule has 8 nitrogen and oxygen atoms in total. The number of nitriles is 1. The number of pyridine rings is 1. The first-order valence-electron chi connectivity index (χ1n) is 11.1. The fourth-order valence-electron chi connectivity index (χ4n) is 3.67. The minimum Gasteiger partial charge on any atom is -0.396 e. The number of aryl methyl sites for hydroxylation is 2. The summed E-state index contributed by atoms with van der Waals surface area (Å²) in [7, 11) is 0. The van der Waals surface area contributed by atoms with Crippen LogP contribution in [0.3, 0.4) is 0 Å². The molecule has 0 aromatic carbocycles. The summed E-state index contributed by atoms with van der Waals surface area (Å²) in [5, 5.41) is 26.5. The molecule has 3 aromatic rings. The van der Waals surface area contributed by atoms with Crippen molar-refractivity contribution in [3.05, 3.63) is 23.7 Å². The second kappa shape index (κ2) is 9.35. The van der Waals surface area contributed by atoms with Crippen molar-refractivity contribution in [1.29, 1.82) is 5.26 Å². The minimum atomic E-state index is -0.281. The molecule has 9 heteroatoms. The Labute approximate surface area is 192 Å². The highest BCUT2D eigenvalue weighted by molar-refractivity contribution is 7.21. The second-order valence-corrected chi connectivity index (χ2v) is 9.57. The van der Waals surface area contributed by atoms with Crippen LogP contribution in [-0.4, -0.2) is 44.7 Å². The molecule has 0 radical (unpaired) electrons. The van der Waals surface area contributed by atoms with Gasteiger partial charge in [-0.25, -0.2) is 9.97 Å². The summed E-state index contributed by atoms with van der Waals surface area (Å²) in [6, 6.07) is 4.38. The average molecular weight is 452 g/mol. The summed E-state index contributed by atoms with van der Waals surface area (Å²) >= 11 is 1.60. The molecule has 1 saturated carbocycles. The monoisotopic (exact) mass is 451 g/mol. The second-order valence-electron chi connectivity index (χ2n) is 8.54. The van der Waals surface area contributed by atoms with Crippen LogP contribution in [0.25, 0.3) is 20.8 Å². The van der Waals surface area contributed by atoms with Crippen molar-refractivity contribution in [2.24, 2.45) is 11.3 Å². The third-order valence-electron chi connectivity index (χ3n) is 6.15. The molecule has 0 bridgehead atoms. The van der Waals surface area contributed by atoms with E-state index >= 15 is 0 Å². The summed E-state index contributed by atoms with van der Waals surface area (Å²) in [4.78, 5) is 18.7. The molecule has 1 fully saturated rings. The van der Waals surface area contributed by atoms with Gasteiger partial charge in [0.1, 0.15) is 16.3 Å². The maximum absolute atomic E-state index is 9.52. The van der Waals surface area contributed by atoms with Crippen LogP contribution >= 0.6 is 11.3 Å². The lowest BCUT2D eigenvalue weighted by Crippen LogP contribution is -2.17. The van der Waals surface area contributed by atoms with Crippen LogP contribution < -0.4 is 10.6 Å². The molecule has 1 aliphatic rings. The van der Waals surface area contributed by atoms with Crippen molar-refractivity contribution in [3.63, 3.8) is 0 Å². The number of fused-ring (bicyclic) bond motifs is 1. The van der Waals surface area contributed by atoms with E-state index in [0.717, 1.165) is 63.7 Å². The van der Waals surface area contributed by atoms with Gasteiger partial charge in [0, 0.05) is 25.9 Å². The number of nitrogens with one attached hydrogen (secondary N) is 2. The van der Waals surface area contributed by atoms with Gasteiger partial charge in [0.05, 0.1) is 33.1 Å². The van der Waals surface area contributed by atoms with Crippen molar-refractivity contribution in [3.8, 4) is 16.6 Å². The number of nitrogens with zero attached hydrogens (tertiary/aromatic N) is 5. The van der Waals surface area contributed by atoms with E-state index in [-0.39, 0.29) is 17.9 Å². The van der Waals surface area contributed by atoms with Crippen molar-refractivity contribution in [2.45, 2.75) is 46.5 Å². The van der Waals surface area contributed by atoms with Gasteiger partial charge in [0.2, 0.25) is 5.95 Å². The van der Waals surface area contributed by atoms with Gasteiger partial charge in [0.25, 0.3) is 0 Å². The Morgan fingerprint density at radius 1 is 1.22 bits per heavy atom. The van der Waals surface area contributed by atoms with E-state index < -0.39 is 0 Å². The molecule has 0 aliphatic heterocycles. The Balaban J connectivity index is 1.66. The van der Waals surface area contributed by atoms with Crippen LogP contribution in [0.4, 0.5) is 11.8 Å². The zero-order valence-corrected chi connectivity index (χ0v) is 19.6. The first-order valence-corrected chi connectivity index (χ1v) is 11.9. The number of aliphatic hydroxyl groups is 1. The van der Waals surface area contributed by atoms with Gasteiger partial charge in [-0.3, -0.25) is 4.98 Å². The SMILES string of the molecule is CCC(CO)CCNc1nc(NCC2(C#N)CC2)nc(C)c1-c1nc2c(C)nccc2s1. The lowest BCUT2D eigenvalue weighted by Gasteiger charge is -2.17.